The fourth-order valence-electron chi connectivity index (χ4n) is 3.68. The van der Waals surface area contributed by atoms with Gasteiger partial charge in [-0.25, -0.2) is 0 Å². The number of benzene rings is 2. The van der Waals surface area contributed by atoms with Crippen LogP contribution in [0.5, 0.6) is 11.5 Å². The molecule has 2 rings (SSSR count). The van der Waals surface area contributed by atoms with E-state index in [9.17, 15) is 9.67 Å². The molecule has 0 aliphatic rings. The van der Waals surface area contributed by atoms with Gasteiger partial charge in [0.05, 0.1) is 20.3 Å². The number of hydrogen-bond acceptors (Lipinski definition) is 6. The van der Waals surface area contributed by atoms with E-state index in [1.807, 2.05) is 41.3 Å². The first-order valence-electron chi connectivity index (χ1n) is 11.4. The lowest BCUT2D eigenvalue weighted by atomic mass is 9.79. The summed E-state index contributed by atoms with van der Waals surface area (Å²) < 4.78 is 30.1. The van der Waals surface area contributed by atoms with Gasteiger partial charge >= 0.3 is 7.60 Å². The lowest BCUT2D eigenvalue weighted by molar-refractivity contribution is 0.220. The van der Waals surface area contributed by atoms with Crippen LogP contribution in [0.4, 0.5) is 11.4 Å². The zero-order valence-electron chi connectivity index (χ0n) is 21.6. The summed E-state index contributed by atoms with van der Waals surface area (Å²) in [7, 11) is -1.80. The monoisotopic (exact) mass is 477 g/mol. The molecule has 2 aromatic rings. The highest BCUT2D eigenvalue weighted by Crippen LogP contribution is 2.52. The van der Waals surface area contributed by atoms with Crippen molar-refractivity contribution in [2.75, 3.05) is 31.5 Å². The van der Waals surface area contributed by atoms with E-state index in [4.69, 9.17) is 13.8 Å². The van der Waals surface area contributed by atoms with Crippen LogP contribution in [0.25, 0.3) is 0 Å². The van der Waals surface area contributed by atoms with Gasteiger partial charge in [0, 0.05) is 22.5 Å². The van der Waals surface area contributed by atoms with E-state index in [2.05, 4.69) is 41.5 Å². The molecule has 0 fully saturated rings. The van der Waals surface area contributed by atoms with E-state index in [1.54, 1.807) is 21.0 Å². The van der Waals surface area contributed by atoms with Gasteiger partial charge in [0.15, 0.2) is 0 Å². The van der Waals surface area contributed by atoms with Crippen LogP contribution in [0.2, 0.25) is 0 Å². The Kier molecular flexibility index (Phi) is 8.67. The average molecular weight is 478 g/mol. The summed E-state index contributed by atoms with van der Waals surface area (Å²) in [5, 5.41) is 11.2. The minimum atomic E-state index is -3.42. The van der Waals surface area contributed by atoms with Crippen LogP contribution in [-0.4, -0.2) is 31.7 Å². The average Bonchev–Trinajstić information content (AvgIpc) is 2.71. The van der Waals surface area contributed by atoms with Gasteiger partial charge in [-0.3, -0.25) is 4.57 Å². The normalized spacial score (nSPS) is 12.6. The maximum atomic E-state index is 13.6. The molecule has 0 aromatic heterocycles. The second kappa shape index (κ2) is 10.5. The molecule has 0 spiro atoms. The highest BCUT2D eigenvalue weighted by molar-refractivity contribution is 7.54. The molecule has 0 atom stereocenters. The van der Waals surface area contributed by atoms with Crippen molar-refractivity contribution in [3.63, 3.8) is 0 Å². The molecule has 0 saturated heterocycles. The Labute approximate surface area is 199 Å². The highest BCUT2D eigenvalue weighted by atomic mass is 31.2. The number of rotatable bonds is 9. The molecule has 0 aliphatic heterocycles. The topological polar surface area (TPSA) is 68.2 Å². The van der Waals surface area contributed by atoms with Crippen LogP contribution < -0.4 is 9.64 Å². The smallest absolute Gasteiger partial charge is 0.350 e. The van der Waals surface area contributed by atoms with Crippen molar-refractivity contribution in [2.24, 2.45) is 0 Å². The van der Waals surface area contributed by atoms with E-state index < -0.39 is 7.60 Å². The van der Waals surface area contributed by atoms with Crippen LogP contribution in [0.15, 0.2) is 36.4 Å². The predicted molar refractivity (Wildman–Crippen MR) is 136 cm³/mol. The van der Waals surface area contributed by atoms with E-state index in [-0.39, 0.29) is 30.3 Å². The van der Waals surface area contributed by atoms with Gasteiger partial charge in [-0.1, -0.05) is 41.5 Å². The summed E-state index contributed by atoms with van der Waals surface area (Å²) in [6.45, 7) is 16.6. The Balaban J connectivity index is 2.78. The summed E-state index contributed by atoms with van der Waals surface area (Å²) in [6.07, 6.45) is 0.0406. The molecule has 2 aromatic carbocycles. The minimum Gasteiger partial charge on any atom is -0.507 e. The molecule has 7 heteroatoms. The van der Waals surface area contributed by atoms with Crippen molar-refractivity contribution in [2.45, 2.75) is 66.2 Å². The molecule has 0 heterocycles. The maximum absolute atomic E-state index is 13.6. The Morgan fingerprint density at radius 2 is 1.30 bits per heavy atom. The zero-order valence-corrected chi connectivity index (χ0v) is 22.5. The molecular formula is C26H40NO5P. The quantitative estimate of drug-likeness (QED) is 0.381. The molecule has 1 N–H and O–H groups in total. The van der Waals surface area contributed by atoms with Crippen LogP contribution in [0, 0.1) is 0 Å². The molecule has 0 radical (unpaired) electrons. The predicted octanol–water partition coefficient (Wildman–Crippen LogP) is 7.36. The molecule has 0 amide bonds. The Bertz CT molecular complexity index is 929. The molecule has 0 aliphatic carbocycles. The first-order chi connectivity index (χ1) is 15.3. The van der Waals surface area contributed by atoms with Crippen LogP contribution in [0.3, 0.4) is 0 Å². The molecular weight excluding hydrogens is 437 g/mol. The molecule has 0 saturated carbocycles. The number of nitrogens with zero attached hydrogens (tertiary/aromatic N) is 1. The van der Waals surface area contributed by atoms with Gasteiger partial charge in [0.1, 0.15) is 17.8 Å². The first-order valence-corrected chi connectivity index (χ1v) is 13.2. The largest absolute Gasteiger partial charge is 0.507 e. The molecule has 0 bridgehead atoms. The lowest BCUT2D eigenvalue weighted by Crippen LogP contribution is -2.23. The SMILES string of the molecule is CCOP(=O)(CN(c1ccc(OC)cc1)c1cc(C(C)(C)C)c(O)c(C(C)(C)C)c1)OCC. The summed E-state index contributed by atoms with van der Waals surface area (Å²) in [5.74, 6) is 1.03. The number of phenols is 1. The lowest BCUT2D eigenvalue weighted by Gasteiger charge is -2.33. The molecule has 0 unspecified atom stereocenters. The van der Waals surface area contributed by atoms with Crippen molar-refractivity contribution in [3.8, 4) is 11.5 Å². The highest BCUT2D eigenvalue weighted by Gasteiger charge is 2.32. The molecule has 6 nitrogen and oxygen atoms in total. The first kappa shape index (κ1) is 27.2. The van der Waals surface area contributed by atoms with E-state index in [0.29, 0.717) is 5.75 Å². The van der Waals surface area contributed by atoms with Crippen LogP contribution >= 0.6 is 7.60 Å². The minimum absolute atomic E-state index is 0.0406. The van der Waals surface area contributed by atoms with Gasteiger partial charge in [0.25, 0.3) is 0 Å². The summed E-state index contributed by atoms with van der Waals surface area (Å²) in [6, 6.07) is 11.5. The number of ether oxygens (including phenoxy) is 1. The molecule has 184 valence electrons. The Hall–Kier alpha value is -2.01. The number of hydrogen-bond donors (Lipinski definition) is 1. The van der Waals surface area contributed by atoms with E-state index in [1.165, 1.54) is 0 Å². The van der Waals surface area contributed by atoms with Crippen molar-refractivity contribution in [1.82, 2.24) is 0 Å². The number of methoxy groups -OCH3 is 1. The second-order valence-electron chi connectivity index (χ2n) is 10.1. The fraction of sp³-hybridized carbons (Fsp3) is 0.538. The second-order valence-corrected chi connectivity index (χ2v) is 12.1. The third-order valence-electron chi connectivity index (χ3n) is 5.37. The fourth-order valence-corrected chi connectivity index (χ4v) is 5.38. The summed E-state index contributed by atoms with van der Waals surface area (Å²) in [4.78, 5) is 1.94. The van der Waals surface area contributed by atoms with Crippen LogP contribution in [0.1, 0.15) is 66.5 Å². The number of phenolic OH excluding ortho intramolecular Hbond substituents is 1. The van der Waals surface area contributed by atoms with E-state index in [0.717, 1.165) is 28.3 Å². The van der Waals surface area contributed by atoms with Crippen molar-refractivity contribution < 1.29 is 23.5 Å². The van der Waals surface area contributed by atoms with Gasteiger partial charge in [-0.2, -0.15) is 0 Å². The summed E-state index contributed by atoms with van der Waals surface area (Å²) in [5.41, 5.74) is 2.69. The Morgan fingerprint density at radius 3 is 1.67 bits per heavy atom. The van der Waals surface area contributed by atoms with Gasteiger partial charge in [-0.15, -0.1) is 0 Å². The van der Waals surface area contributed by atoms with Gasteiger partial charge in [-0.05, 0) is 61.1 Å². The number of anilines is 2. The summed E-state index contributed by atoms with van der Waals surface area (Å²) >= 11 is 0. The van der Waals surface area contributed by atoms with E-state index >= 15 is 0 Å². The maximum Gasteiger partial charge on any atom is 0.350 e. The van der Waals surface area contributed by atoms with Crippen LogP contribution in [-0.2, 0) is 24.4 Å². The van der Waals surface area contributed by atoms with Crippen molar-refractivity contribution in [1.29, 1.82) is 0 Å². The zero-order chi connectivity index (χ0) is 25.0. The third-order valence-corrected chi connectivity index (χ3v) is 7.31. The third kappa shape index (κ3) is 6.75. The van der Waals surface area contributed by atoms with Crippen molar-refractivity contribution >= 4 is 19.0 Å². The Morgan fingerprint density at radius 1 is 0.848 bits per heavy atom. The van der Waals surface area contributed by atoms with Crippen molar-refractivity contribution in [3.05, 3.63) is 47.5 Å². The molecule has 33 heavy (non-hydrogen) atoms. The van der Waals surface area contributed by atoms with Gasteiger partial charge in [0.2, 0.25) is 0 Å². The van der Waals surface area contributed by atoms with Gasteiger partial charge < -0.3 is 23.8 Å². The standard InChI is InChI=1S/C26H40NO5P/c1-10-31-33(29,32-11-2)18-27(19-12-14-21(30-9)15-13-19)20-16-22(25(3,4)5)24(28)23(17-20)26(6,7)8/h12-17,28H,10-11,18H2,1-9H3. The number of aromatic hydroxyl groups is 1.